The van der Waals surface area contributed by atoms with Crippen LogP contribution >= 0.6 is 27.3 Å². The van der Waals surface area contributed by atoms with Gasteiger partial charge in [-0.2, -0.15) is 0 Å². The Morgan fingerprint density at radius 1 is 1.37 bits per heavy atom. The second-order valence-corrected chi connectivity index (χ2v) is 7.16. The van der Waals surface area contributed by atoms with Crippen molar-refractivity contribution in [3.8, 4) is 10.6 Å². The topological polar surface area (TPSA) is 55.0 Å². The number of thiophene rings is 1. The molecule has 0 saturated carbocycles. The Morgan fingerprint density at radius 2 is 2.26 bits per heavy atom. The van der Waals surface area contributed by atoms with Crippen molar-refractivity contribution in [2.24, 2.45) is 5.73 Å². The average molecular weight is 339 g/mol. The van der Waals surface area contributed by atoms with Gasteiger partial charge >= 0.3 is 0 Å². The fourth-order valence-electron chi connectivity index (χ4n) is 2.28. The monoisotopic (exact) mass is 338 g/mol. The lowest BCUT2D eigenvalue weighted by molar-refractivity contribution is 0.500. The van der Waals surface area contributed by atoms with Crippen LogP contribution in [-0.4, -0.2) is 29.1 Å². The van der Waals surface area contributed by atoms with Gasteiger partial charge in [0.05, 0.1) is 14.4 Å². The molecule has 4 nitrogen and oxygen atoms in total. The molecule has 1 aliphatic rings. The second kappa shape index (κ2) is 5.56. The number of hydrogen-bond acceptors (Lipinski definition) is 5. The SMILES string of the molecule is NC1CCCN(c2nccc(-c3ccc(Br)s3)n2)C1. The zero-order chi connectivity index (χ0) is 13.2. The smallest absolute Gasteiger partial charge is 0.225 e. The average Bonchev–Trinajstić information content (AvgIpc) is 2.86. The largest absolute Gasteiger partial charge is 0.339 e. The van der Waals surface area contributed by atoms with E-state index in [1.807, 2.05) is 18.3 Å². The van der Waals surface area contributed by atoms with Gasteiger partial charge in [0.15, 0.2) is 0 Å². The molecule has 0 bridgehead atoms. The Kier molecular flexibility index (Phi) is 3.81. The quantitative estimate of drug-likeness (QED) is 0.914. The normalized spacial score (nSPS) is 19.7. The van der Waals surface area contributed by atoms with Gasteiger partial charge in [-0.25, -0.2) is 9.97 Å². The molecule has 0 radical (unpaired) electrons. The number of piperidine rings is 1. The van der Waals surface area contributed by atoms with Crippen LogP contribution in [0.25, 0.3) is 10.6 Å². The van der Waals surface area contributed by atoms with Crippen molar-refractivity contribution in [2.45, 2.75) is 18.9 Å². The zero-order valence-corrected chi connectivity index (χ0v) is 12.8. The van der Waals surface area contributed by atoms with E-state index in [1.54, 1.807) is 11.3 Å². The molecule has 1 aliphatic heterocycles. The molecule has 100 valence electrons. The third kappa shape index (κ3) is 2.96. The van der Waals surface area contributed by atoms with E-state index in [9.17, 15) is 0 Å². The summed E-state index contributed by atoms with van der Waals surface area (Å²) in [4.78, 5) is 12.4. The lowest BCUT2D eigenvalue weighted by Gasteiger charge is -2.30. The summed E-state index contributed by atoms with van der Waals surface area (Å²) in [7, 11) is 0. The predicted molar refractivity (Wildman–Crippen MR) is 82.5 cm³/mol. The number of aromatic nitrogens is 2. The number of nitrogens with two attached hydrogens (primary N) is 1. The Bertz CT molecular complexity index is 571. The van der Waals surface area contributed by atoms with Gasteiger partial charge < -0.3 is 10.6 Å². The molecule has 1 atom stereocenters. The van der Waals surface area contributed by atoms with E-state index in [0.29, 0.717) is 0 Å². The van der Waals surface area contributed by atoms with Crippen molar-refractivity contribution in [2.75, 3.05) is 18.0 Å². The summed E-state index contributed by atoms with van der Waals surface area (Å²) in [6.07, 6.45) is 4.03. The third-order valence-electron chi connectivity index (χ3n) is 3.21. The van der Waals surface area contributed by atoms with Gasteiger partial charge in [0.2, 0.25) is 5.95 Å². The summed E-state index contributed by atoms with van der Waals surface area (Å²) in [5, 5.41) is 0. The Balaban J connectivity index is 1.87. The van der Waals surface area contributed by atoms with Crippen molar-refractivity contribution in [3.63, 3.8) is 0 Å². The molecule has 1 fully saturated rings. The van der Waals surface area contributed by atoms with E-state index in [0.717, 1.165) is 46.2 Å². The fraction of sp³-hybridized carbons (Fsp3) is 0.385. The van der Waals surface area contributed by atoms with E-state index in [2.05, 4.69) is 36.9 Å². The Morgan fingerprint density at radius 3 is 3.00 bits per heavy atom. The summed E-state index contributed by atoms with van der Waals surface area (Å²) in [6.45, 7) is 1.84. The molecule has 2 aromatic rings. The molecule has 0 spiro atoms. The van der Waals surface area contributed by atoms with Crippen LogP contribution in [0.15, 0.2) is 28.2 Å². The molecule has 3 heterocycles. The van der Waals surface area contributed by atoms with E-state index < -0.39 is 0 Å². The van der Waals surface area contributed by atoms with Crippen molar-refractivity contribution < 1.29 is 0 Å². The summed E-state index contributed by atoms with van der Waals surface area (Å²) in [5.74, 6) is 0.789. The molecule has 0 aromatic carbocycles. The lowest BCUT2D eigenvalue weighted by atomic mass is 10.1. The minimum atomic E-state index is 0.233. The summed E-state index contributed by atoms with van der Waals surface area (Å²) < 4.78 is 1.11. The van der Waals surface area contributed by atoms with E-state index in [-0.39, 0.29) is 6.04 Å². The highest BCUT2D eigenvalue weighted by atomic mass is 79.9. The standard InChI is InChI=1S/C13H15BrN4S/c14-12-4-3-11(19-12)10-5-6-16-13(17-10)18-7-1-2-9(15)8-18/h3-6,9H,1-2,7-8,15H2. The van der Waals surface area contributed by atoms with E-state index in [4.69, 9.17) is 5.73 Å². The van der Waals surface area contributed by atoms with Gasteiger partial charge in [-0.3, -0.25) is 0 Å². The van der Waals surface area contributed by atoms with Crippen LogP contribution < -0.4 is 10.6 Å². The minimum absolute atomic E-state index is 0.233. The van der Waals surface area contributed by atoms with Crippen molar-refractivity contribution in [3.05, 3.63) is 28.2 Å². The predicted octanol–water partition coefficient (Wildman–Crippen LogP) is 2.90. The first-order valence-corrected chi connectivity index (χ1v) is 7.92. The van der Waals surface area contributed by atoms with Crippen LogP contribution in [0.2, 0.25) is 0 Å². The summed E-state index contributed by atoms with van der Waals surface area (Å²) in [5.41, 5.74) is 6.99. The minimum Gasteiger partial charge on any atom is -0.339 e. The van der Waals surface area contributed by atoms with Crippen molar-refractivity contribution >= 4 is 33.2 Å². The maximum absolute atomic E-state index is 6.01. The highest BCUT2D eigenvalue weighted by Gasteiger charge is 2.19. The molecule has 0 amide bonds. The molecular weight excluding hydrogens is 324 g/mol. The van der Waals surface area contributed by atoms with Crippen molar-refractivity contribution in [1.82, 2.24) is 9.97 Å². The zero-order valence-electron chi connectivity index (χ0n) is 10.4. The van der Waals surface area contributed by atoms with E-state index in [1.165, 1.54) is 0 Å². The van der Waals surface area contributed by atoms with Gasteiger partial charge in [-0.15, -0.1) is 11.3 Å². The second-order valence-electron chi connectivity index (χ2n) is 4.69. The summed E-state index contributed by atoms with van der Waals surface area (Å²) in [6, 6.07) is 6.30. The van der Waals surface area contributed by atoms with Crippen LogP contribution in [0.1, 0.15) is 12.8 Å². The molecule has 3 rings (SSSR count). The van der Waals surface area contributed by atoms with Gasteiger partial charge in [-0.1, -0.05) is 0 Å². The first kappa shape index (κ1) is 13.0. The van der Waals surface area contributed by atoms with E-state index >= 15 is 0 Å². The molecule has 2 N–H and O–H groups in total. The number of anilines is 1. The Hall–Kier alpha value is -0.980. The van der Waals surface area contributed by atoms with Gasteiger partial charge in [-0.05, 0) is 47.0 Å². The highest BCUT2D eigenvalue weighted by Crippen LogP contribution is 2.30. The first-order valence-electron chi connectivity index (χ1n) is 6.31. The molecule has 1 saturated heterocycles. The molecule has 2 aromatic heterocycles. The van der Waals surface area contributed by atoms with Crippen LogP contribution in [0.4, 0.5) is 5.95 Å². The molecule has 0 aliphatic carbocycles. The number of halogens is 1. The van der Waals surface area contributed by atoms with Crippen LogP contribution in [0.5, 0.6) is 0 Å². The molecule has 6 heteroatoms. The molecular formula is C13H15BrN4S. The number of rotatable bonds is 2. The third-order valence-corrected chi connectivity index (χ3v) is 4.86. The lowest BCUT2D eigenvalue weighted by Crippen LogP contribution is -2.43. The summed E-state index contributed by atoms with van der Waals surface area (Å²) >= 11 is 5.16. The first-order chi connectivity index (χ1) is 9.22. The fourth-order valence-corrected chi connectivity index (χ4v) is 3.64. The number of hydrogen-bond donors (Lipinski definition) is 1. The highest BCUT2D eigenvalue weighted by molar-refractivity contribution is 9.11. The van der Waals surface area contributed by atoms with Crippen LogP contribution in [-0.2, 0) is 0 Å². The van der Waals surface area contributed by atoms with Gasteiger partial charge in [0, 0.05) is 25.3 Å². The maximum atomic E-state index is 6.01. The van der Waals surface area contributed by atoms with Crippen LogP contribution in [0, 0.1) is 0 Å². The van der Waals surface area contributed by atoms with Gasteiger partial charge in [0.1, 0.15) is 0 Å². The van der Waals surface area contributed by atoms with Crippen molar-refractivity contribution in [1.29, 1.82) is 0 Å². The number of nitrogens with zero attached hydrogens (tertiary/aromatic N) is 3. The maximum Gasteiger partial charge on any atom is 0.225 e. The molecule has 19 heavy (non-hydrogen) atoms. The van der Waals surface area contributed by atoms with Gasteiger partial charge in [0.25, 0.3) is 0 Å². The Labute approximate surface area is 124 Å². The van der Waals surface area contributed by atoms with Crippen LogP contribution in [0.3, 0.4) is 0 Å². The molecule has 1 unspecified atom stereocenters.